The molecule has 0 saturated heterocycles. The second-order valence-corrected chi connectivity index (χ2v) is 3.32. The van der Waals surface area contributed by atoms with Crippen molar-refractivity contribution in [2.24, 2.45) is 0 Å². The van der Waals surface area contributed by atoms with Crippen molar-refractivity contribution in [2.75, 3.05) is 5.73 Å². The van der Waals surface area contributed by atoms with Crippen LogP contribution in [0.15, 0.2) is 23.1 Å². The molecule has 0 fully saturated rings. The summed E-state index contributed by atoms with van der Waals surface area (Å²) in [5.74, 6) is 0. The van der Waals surface area contributed by atoms with Crippen molar-refractivity contribution < 1.29 is 8.42 Å². The molecule has 0 aliphatic carbocycles. The lowest BCUT2D eigenvalue weighted by Gasteiger charge is -1.98. The Labute approximate surface area is 66.8 Å². The molecule has 0 radical (unpaired) electrons. The van der Waals surface area contributed by atoms with Gasteiger partial charge >= 0.3 is 0 Å². The molecule has 0 aliphatic rings. The van der Waals surface area contributed by atoms with Gasteiger partial charge in [0.05, 0.1) is 10.6 Å². The van der Waals surface area contributed by atoms with E-state index in [0.717, 1.165) is 5.56 Å². The van der Waals surface area contributed by atoms with Crippen molar-refractivity contribution in [1.82, 2.24) is 0 Å². The second kappa shape index (κ2) is 2.92. The van der Waals surface area contributed by atoms with Gasteiger partial charge in [0.25, 0.3) is 0 Å². The molecule has 11 heavy (non-hydrogen) atoms. The summed E-state index contributed by atoms with van der Waals surface area (Å²) in [4.78, 5) is 0.200. The maximum absolute atomic E-state index is 10.5. The Balaban J connectivity index is 3.31. The van der Waals surface area contributed by atoms with Crippen LogP contribution in [0.3, 0.4) is 0 Å². The minimum atomic E-state index is -2.55. The quantitative estimate of drug-likeness (QED) is 0.479. The van der Waals surface area contributed by atoms with Gasteiger partial charge in [-0.1, -0.05) is 6.07 Å². The topological polar surface area (TPSA) is 60.2 Å². The van der Waals surface area contributed by atoms with Crippen LogP contribution in [0.5, 0.6) is 0 Å². The van der Waals surface area contributed by atoms with Crippen LogP contribution in [0.2, 0.25) is 0 Å². The molecule has 4 heteroatoms. The Morgan fingerprint density at radius 2 is 2.00 bits per heavy atom. The summed E-state index contributed by atoms with van der Waals surface area (Å²) in [6, 6.07) is 4.87. The lowest BCUT2D eigenvalue weighted by atomic mass is 10.2. The van der Waals surface area contributed by atoms with Crippen molar-refractivity contribution in [1.29, 1.82) is 0 Å². The fourth-order valence-corrected chi connectivity index (χ4v) is 1.31. The van der Waals surface area contributed by atoms with E-state index < -0.39 is 10.7 Å². The Morgan fingerprint density at radius 1 is 1.36 bits per heavy atom. The molecular weight excluding hydrogens is 162 g/mol. The van der Waals surface area contributed by atoms with Gasteiger partial charge in [-0.3, -0.25) is 0 Å². The normalized spacial score (nSPS) is 10.4. The van der Waals surface area contributed by atoms with Gasteiger partial charge in [0.1, 0.15) is 0 Å². The van der Waals surface area contributed by atoms with Crippen molar-refractivity contribution in [2.45, 2.75) is 11.8 Å². The number of nitrogens with two attached hydrogens (primary N) is 1. The Kier molecular flexibility index (Phi) is 2.14. The third-order valence-corrected chi connectivity index (χ3v) is 2.18. The predicted molar refractivity (Wildman–Crippen MR) is 44.2 cm³/mol. The Hall–Kier alpha value is -1.03. The minimum absolute atomic E-state index is 0.200. The average Bonchev–Trinajstić information content (AvgIpc) is 1.85. The van der Waals surface area contributed by atoms with Gasteiger partial charge in [-0.05, 0) is 24.6 Å². The first-order valence-electron chi connectivity index (χ1n) is 3.12. The van der Waals surface area contributed by atoms with Gasteiger partial charge in [-0.2, -0.15) is 0 Å². The highest BCUT2D eigenvalue weighted by atomic mass is 32.2. The molecule has 1 aromatic carbocycles. The number of thiol groups is 1. The fraction of sp³-hybridized carbons (Fsp3) is 0.143. The van der Waals surface area contributed by atoms with Gasteiger partial charge in [0.15, 0.2) is 10.7 Å². The van der Waals surface area contributed by atoms with Crippen LogP contribution in [0, 0.1) is 6.92 Å². The highest BCUT2D eigenvalue weighted by molar-refractivity contribution is 7.72. The summed E-state index contributed by atoms with van der Waals surface area (Å²) in [6.07, 6.45) is 0. The zero-order valence-electron chi connectivity index (χ0n) is 6.07. The molecule has 0 aliphatic heterocycles. The van der Waals surface area contributed by atoms with Crippen molar-refractivity contribution in [3.8, 4) is 0 Å². The molecule has 0 heterocycles. The molecule has 60 valence electrons. The molecule has 0 atom stereocenters. The molecule has 3 nitrogen and oxygen atoms in total. The number of aryl methyl sites for hydroxylation is 1. The van der Waals surface area contributed by atoms with Crippen LogP contribution in [-0.4, -0.2) is 8.42 Å². The molecule has 0 unspecified atom stereocenters. The van der Waals surface area contributed by atoms with E-state index in [2.05, 4.69) is 0 Å². The summed E-state index contributed by atoms with van der Waals surface area (Å²) in [5.41, 5.74) is 6.72. The van der Waals surface area contributed by atoms with Crippen LogP contribution < -0.4 is 5.73 Å². The molecule has 0 spiro atoms. The lowest BCUT2D eigenvalue weighted by Crippen LogP contribution is -1.92. The third-order valence-electron chi connectivity index (χ3n) is 1.38. The van der Waals surface area contributed by atoms with Crippen LogP contribution >= 0.6 is 0 Å². The molecule has 1 rings (SSSR count). The average molecular weight is 171 g/mol. The van der Waals surface area contributed by atoms with E-state index >= 15 is 0 Å². The van der Waals surface area contributed by atoms with Crippen LogP contribution in [0.25, 0.3) is 0 Å². The smallest absolute Gasteiger partial charge is 0.170 e. The van der Waals surface area contributed by atoms with Crippen molar-refractivity contribution in [3.63, 3.8) is 0 Å². The van der Waals surface area contributed by atoms with Crippen LogP contribution in [0.4, 0.5) is 5.69 Å². The first kappa shape index (κ1) is 8.07. The van der Waals surface area contributed by atoms with Gasteiger partial charge in [0, 0.05) is 0 Å². The molecule has 1 aromatic rings. The number of anilines is 1. The summed E-state index contributed by atoms with van der Waals surface area (Å²) in [7, 11) is -2.55. The summed E-state index contributed by atoms with van der Waals surface area (Å²) in [6.45, 7) is 1.86. The SMILES string of the molecule is Cc1ccc([SH](=O)=O)c(N)c1. The van der Waals surface area contributed by atoms with E-state index in [1.807, 2.05) is 6.92 Å². The Bertz CT molecular complexity index is 336. The predicted octanol–water partition coefficient (Wildman–Crippen LogP) is 0.548. The molecule has 2 N–H and O–H groups in total. The van der Waals surface area contributed by atoms with E-state index in [0.29, 0.717) is 5.69 Å². The van der Waals surface area contributed by atoms with Gasteiger partial charge < -0.3 is 5.73 Å². The third kappa shape index (κ3) is 1.71. The summed E-state index contributed by atoms with van der Waals surface area (Å²) >= 11 is 0. The first-order valence-corrected chi connectivity index (χ1v) is 4.29. The number of nitrogen functional groups attached to an aromatic ring is 1. The van der Waals surface area contributed by atoms with Crippen molar-refractivity contribution in [3.05, 3.63) is 23.8 Å². The van der Waals surface area contributed by atoms with Crippen molar-refractivity contribution >= 4 is 16.4 Å². The van der Waals surface area contributed by atoms with E-state index in [1.165, 1.54) is 6.07 Å². The highest BCUT2D eigenvalue weighted by Crippen LogP contribution is 2.14. The molecule has 0 saturated carbocycles. The number of benzene rings is 1. The van der Waals surface area contributed by atoms with Gasteiger partial charge in [-0.15, -0.1) is 0 Å². The Morgan fingerprint density at radius 3 is 2.45 bits per heavy atom. The molecule has 0 aromatic heterocycles. The fourth-order valence-electron chi connectivity index (χ4n) is 0.840. The maximum atomic E-state index is 10.5. The minimum Gasteiger partial charge on any atom is -0.398 e. The maximum Gasteiger partial charge on any atom is 0.170 e. The van der Waals surface area contributed by atoms with E-state index in [-0.39, 0.29) is 4.90 Å². The number of hydrogen-bond donors (Lipinski definition) is 2. The summed E-state index contributed by atoms with van der Waals surface area (Å²) in [5, 5.41) is 0. The molecular formula is C7H9NO2S. The lowest BCUT2D eigenvalue weighted by molar-refractivity contribution is 0.615. The van der Waals surface area contributed by atoms with E-state index in [4.69, 9.17) is 5.73 Å². The monoisotopic (exact) mass is 171 g/mol. The second-order valence-electron chi connectivity index (χ2n) is 2.32. The summed E-state index contributed by atoms with van der Waals surface area (Å²) < 4.78 is 21.0. The highest BCUT2D eigenvalue weighted by Gasteiger charge is 1.99. The van der Waals surface area contributed by atoms with Crippen LogP contribution in [-0.2, 0) is 10.7 Å². The van der Waals surface area contributed by atoms with Crippen LogP contribution in [0.1, 0.15) is 5.56 Å². The number of rotatable bonds is 1. The van der Waals surface area contributed by atoms with E-state index in [1.54, 1.807) is 12.1 Å². The zero-order valence-corrected chi connectivity index (χ0v) is 6.97. The number of hydrogen-bond acceptors (Lipinski definition) is 3. The molecule has 0 amide bonds. The van der Waals surface area contributed by atoms with Gasteiger partial charge in [-0.25, -0.2) is 8.42 Å². The van der Waals surface area contributed by atoms with E-state index in [9.17, 15) is 8.42 Å². The standard InChI is InChI=1S/C7H9NO2S/c1-5-2-3-7(11(9)10)6(8)4-5/h2-4,11H,8H2,1H3. The molecule has 0 bridgehead atoms. The zero-order chi connectivity index (χ0) is 8.43. The largest absolute Gasteiger partial charge is 0.398 e. The van der Waals surface area contributed by atoms with Gasteiger partial charge in [0.2, 0.25) is 0 Å². The first-order chi connectivity index (χ1) is 5.11.